The van der Waals surface area contributed by atoms with Gasteiger partial charge in [-0.25, -0.2) is 0 Å². The van der Waals surface area contributed by atoms with E-state index in [2.05, 4.69) is 101 Å². The van der Waals surface area contributed by atoms with Gasteiger partial charge in [-0.1, -0.05) is 61.1 Å². The summed E-state index contributed by atoms with van der Waals surface area (Å²) in [6, 6.07) is 20.8. The highest BCUT2D eigenvalue weighted by molar-refractivity contribution is 6.39. The molecule has 0 spiro atoms. The molecule has 50 heavy (non-hydrogen) atoms. The largest absolute Gasteiger partial charge is 0.871 e. The molecule has 0 saturated heterocycles. The molecule has 2 aliphatic rings. The molecule has 0 aromatic heterocycles. The van der Waals surface area contributed by atoms with E-state index in [1.165, 1.54) is 22.3 Å². The molecule has 4 atom stereocenters. The molecule has 0 bridgehead atoms. The summed E-state index contributed by atoms with van der Waals surface area (Å²) >= 11 is 0. The second-order valence-corrected chi connectivity index (χ2v) is 13.7. The van der Waals surface area contributed by atoms with Gasteiger partial charge in [0.2, 0.25) is 11.4 Å². The van der Waals surface area contributed by atoms with E-state index in [-0.39, 0.29) is 47.0 Å². The maximum Gasteiger partial charge on any atom is 0.208 e. The van der Waals surface area contributed by atoms with Gasteiger partial charge in [-0.2, -0.15) is 4.58 Å². The molecule has 0 saturated carbocycles. The Kier molecular flexibility index (Phi) is 11.4. The van der Waals surface area contributed by atoms with Crippen molar-refractivity contribution in [1.29, 1.82) is 0 Å². The molecular formula is C44H52N2O4. The van der Waals surface area contributed by atoms with Crippen molar-refractivity contribution in [2.75, 3.05) is 19.1 Å². The zero-order chi connectivity index (χ0) is 36.3. The highest BCUT2D eigenvalue weighted by Crippen LogP contribution is 2.39. The Morgan fingerprint density at radius 2 is 1.32 bits per heavy atom. The van der Waals surface area contributed by atoms with E-state index in [4.69, 9.17) is 9.47 Å². The second-order valence-electron chi connectivity index (χ2n) is 13.7. The number of carbonyl (C=O) groups is 1. The van der Waals surface area contributed by atoms with Gasteiger partial charge in [-0.05, 0) is 101 Å². The van der Waals surface area contributed by atoms with E-state index < -0.39 is 0 Å². The van der Waals surface area contributed by atoms with Gasteiger partial charge in [0.25, 0.3) is 0 Å². The van der Waals surface area contributed by atoms with Gasteiger partial charge in [-0.3, -0.25) is 4.79 Å². The van der Waals surface area contributed by atoms with Crippen molar-refractivity contribution in [3.63, 3.8) is 0 Å². The van der Waals surface area contributed by atoms with Crippen LogP contribution >= 0.6 is 0 Å². The van der Waals surface area contributed by atoms with Crippen LogP contribution in [-0.4, -0.2) is 54.6 Å². The first-order valence-corrected chi connectivity index (χ1v) is 17.8. The van der Waals surface area contributed by atoms with Gasteiger partial charge >= 0.3 is 0 Å². The van der Waals surface area contributed by atoms with Crippen molar-refractivity contribution < 1.29 is 24.0 Å². The summed E-state index contributed by atoms with van der Waals surface area (Å²) in [5.41, 5.74) is 10.7. The number of rotatable bonds is 12. The predicted octanol–water partition coefficient (Wildman–Crippen LogP) is 8.55. The number of carbonyl (C=O) groups excluding carboxylic acids is 1. The first-order chi connectivity index (χ1) is 23.9. The number of benzene rings is 3. The lowest BCUT2D eigenvalue weighted by Crippen LogP contribution is -2.39. The Bertz CT molecular complexity index is 1880. The quantitative estimate of drug-likeness (QED) is 0.143. The molecule has 0 aliphatic heterocycles. The molecule has 4 unspecified atom stereocenters. The molecule has 0 amide bonds. The number of ether oxygens (including phenoxy) is 2. The summed E-state index contributed by atoms with van der Waals surface area (Å²) in [7, 11) is 3.51. The number of hydrogen-bond acceptors (Lipinski definition) is 5. The lowest BCUT2D eigenvalue weighted by Gasteiger charge is -2.37. The van der Waals surface area contributed by atoms with E-state index in [0.717, 1.165) is 35.6 Å². The van der Waals surface area contributed by atoms with Crippen molar-refractivity contribution in [1.82, 2.24) is 0 Å². The molecule has 5 rings (SSSR count). The number of anilines is 2. The number of nitrogens with zero attached hydrogens (tertiary/aromatic N) is 2. The summed E-state index contributed by atoms with van der Waals surface area (Å²) in [5, 5.41) is 13.6. The van der Waals surface area contributed by atoms with Crippen molar-refractivity contribution in [3.05, 3.63) is 130 Å². The molecule has 0 heterocycles. The highest BCUT2D eigenvalue weighted by Gasteiger charge is 2.34. The van der Waals surface area contributed by atoms with Crippen LogP contribution in [0.1, 0.15) is 68.4 Å². The maximum atomic E-state index is 13.6. The van der Waals surface area contributed by atoms with Gasteiger partial charge in [0.1, 0.15) is 6.10 Å². The fourth-order valence-electron chi connectivity index (χ4n) is 7.58. The Labute approximate surface area is 298 Å². The van der Waals surface area contributed by atoms with E-state index in [0.29, 0.717) is 11.1 Å². The summed E-state index contributed by atoms with van der Waals surface area (Å²) in [6.45, 7) is 17.0. The molecule has 262 valence electrons. The van der Waals surface area contributed by atoms with E-state index >= 15 is 0 Å². The van der Waals surface area contributed by atoms with Gasteiger partial charge in [-0.15, -0.1) is 0 Å². The van der Waals surface area contributed by atoms with E-state index in [1.807, 2.05) is 48.6 Å². The molecule has 2 aliphatic carbocycles. The number of methoxy groups -OCH3 is 2. The Morgan fingerprint density at radius 3 is 1.84 bits per heavy atom. The standard InChI is InChI=1S/C44H52N2O4/c1-11-39(49-9)31(7)45(37-23-13-27(3)25-29(37)5)35-19-15-33(16-20-35)41-43(47)42(44(41)48)34-17-21-36(22-18-34)46(32(8)40(12-2)50-10)38-24-14-28(4)26-30(38)6/h13-26,31-32,39-40H,11-12H2,1-10H3. The maximum absolute atomic E-state index is 13.6. The third kappa shape index (κ3) is 7.05. The number of hydrogen-bond donors (Lipinski definition) is 0. The molecule has 3 aromatic carbocycles. The topological polar surface area (TPSA) is 64.8 Å². The van der Waals surface area contributed by atoms with Crippen LogP contribution in [0.2, 0.25) is 0 Å². The Balaban J connectivity index is 1.48. The third-order valence-electron chi connectivity index (χ3n) is 10.3. The van der Waals surface area contributed by atoms with Gasteiger partial charge < -0.3 is 19.5 Å². The molecule has 6 heteroatoms. The summed E-state index contributed by atoms with van der Waals surface area (Å²) < 4.78 is 14.0. The van der Waals surface area contributed by atoms with E-state index in [1.54, 1.807) is 14.2 Å². The lowest BCUT2D eigenvalue weighted by molar-refractivity contribution is -0.494. The van der Waals surface area contributed by atoms with Gasteiger partial charge in [0.05, 0.1) is 12.1 Å². The average molecular weight is 673 g/mol. The van der Waals surface area contributed by atoms with Crippen LogP contribution in [0.5, 0.6) is 0 Å². The first kappa shape index (κ1) is 36.8. The van der Waals surface area contributed by atoms with Crippen LogP contribution in [-0.2, 0) is 14.3 Å². The monoisotopic (exact) mass is 672 g/mol. The smallest absolute Gasteiger partial charge is 0.208 e. The number of aryl methyl sites for hydroxylation is 4. The van der Waals surface area contributed by atoms with Crippen LogP contribution in [0, 0.1) is 27.7 Å². The fourth-order valence-corrected chi connectivity index (χ4v) is 7.58. The zero-order valence-electron chi connectivity index (χ0n) is 31.3. The van der Waals surface area contributed by atoms with Crippen molar-refractivity contribution in [3.8, 4) is 0 Å². The minimum absolute atomic E-state index is 0.0207. The first-order valence-electron chi connectivity index (χ1n) is 17.8. The summed E-state index contributed by atoms with van der Waals surface area (Å²) in [5.74, 6) is -0.434. The van der Waals surface area contributed by atoms with Crippen LogP contribution in [0.4, 0.5) is 17.1 Å². The van der Waals surface area contributed by atoms with Crippen molar-refractivity contribution in [2.24, 2.45) is 0 Å². The SMILES string of the molecule is CCC(OC)C(C)N(c1ccc(C2=C([O-])C(=C3C=CC(=[N+](c4ccc(C)cc4C)C(C)C(CC)OC)C=C3)C2=O)cc1)c1ccc(C)cc1C. The Morgan fingerprint density at radius 1 is 0.740 bits per heavy atom. The van der Waals surface area contributed by atoms with Crippen molar-refractivity contribution in [2.45, 2.75) is 92.5 Å². The minimum atomic E-state index is -0.217. The second kappa shape index (κ2) is 15.6. The normalized spacial score (nSPS) is 16.8. The van der Waals surface area contributed by atoms with Crippen LogP contribution < -0.4 is 10.0 Å². The highest BCUT2D eigenvalue weighted by atomic mass is 16.5. The third-order valence-corrected chi connectivity index (χ3v) is 10.3. The lowest BCUT2D eigenvalue weighted by atomic mass is 9.80. The zero-order valence-corrected chi connectivity index (χ0v) is 31.3. The average Bonchev–Trinajstić information content (AvgIpc) is 3.09. The number of allylic oxidation sites excluding steroid dienone is 7. The molecule has 0 radical (unpaired) electrons. The minimum Gasteiger partial charge on any atom is -0.871 e. The predicted molar refractivity (Wildman–Crippen MR) is 204 cm³/mol. The van der Waals surface area contributed by atoms with Crippen LogP contribution in [0.3, 0.4) is 0 Å². The molecule has 0 N–H and O–H groups in total. The molecule has 6 nitrogen and oxygen atoms in total. The number of ketones is 1. The van der Waals surface area contributed by atoms with Gasteiger partial charge in [0, 0.05) is 67.4 Å². The molecule has 0 fully saturated rings. The molecule has 3 aromatic rings. The number of Topliss-reactive ketones (excluding diaryl/α,β-unsaturated/α-hetero) is 1. The van der Waals surface area contributed by atoms with Crippen LogP contribution in [0.25, 0.3) is 5.57 Å². The van der Waals surface area contributed by atoms with E-state index in [9.17, 15) is 9.90 Å². The summed E-state index contributed by atoms with van der Waals surface area (Å²) in [4.78, 5) is 15.9. The van der Waals surface area contributed by atoms with Crippen LogP contribution in [0.15, 0.2) is 102 Å². The summed E-state index contributed by atoms with van der Waals surface area (Å²) in [6.07, 6.45) is 9.56. The molecular weight excluding hydrogens is 620 g/mol. The Hall–Kier alpha value is -4.52. The fraction of sp³-hybridized carbons (Fsp3) is 0.364. The van der Waals surface area contributed by atoms with Gasteiger partial charge in [0.15, 0.2) is 11.8 Å². The van der Waals surface area contributed by atoms with Crippen molar-refractivity contribution >= 4 is 34.1 Å².